The Balaban J connectivity index is 2.06. The SMILES string of the molecule is Cc1[nH]nc(C(=O)NCc2ccc(Br)cc2Cl)c1Br. The van der Waals surface area contributed by atoms with Gasteiger partial charge in [-0.25, -0.2) is 0 Å². The van der Waals surface area contributed by atoms with Crippen LogP contribution in [0.4, 0.5) is 0 Å². The van der Waals surface area contributed by atoms with Crippen LogP contribution in [0.15, 0.2) is 27.1 Å². The molecule has 2 rings (SSSR count). The first-order chi connectivity index (χ1) is 8.99. The summed E-state index contributed by atoms with van der Waals surface area (Å²) >= 11 is 12.7. The molecule has 2 N–H and O–H groups in total. The minimum absolute atomic E-state index is 0.254. The summed E-state index contributed by atoms with van der Waals surface area (Å²) in [5.74, 6) is -0.254. The van der Waals surface area contributed by atoms with Crippen molar-refractivity contribution in [2.75, 3.05) is 0 Å². The van der Waals surface area contributed by atoms with Crippen LogP contribution < -0.4 is 5.32 Å². The zero-order valence-electron chi connectivity index (χ0n) is 9.93. The zero-order chi connectivity index (χ0) is 14.0. The van der Waals surface area contributed by atoms with E-state index in [2.05, 4.69) is 47.4 Å². The van der Waals surface area contributed by atoms with Crippen molar-refractivity contribution in [3.63, 3.8) is 0 Å². The maximum atomic E-state index is 12.0. The summed E-state index contributed by atoms with van der Waals surface area (Å²) < 4.78 is 1.57. The smallest absolute Gasteiger partial charge is 0.273 e. The van der Waals surface area contributed by atoms with Crippen LogP contribution in [-0.4, -0.2) is 16.1 Å². The number of H-pyrrole nitrogens is 1. The normalized spacial score (nSPS) is 10.5. The summed E-state index contributed by atoms with van der Waals surface area (Å²) in [6.45, 7) is 2.18. The molecule has 1 aromatic heterocycles. The van der Waals surface area contributed by atoms with Crippen LogP contribution in [0, 0.1) is 6.92 Å². The molecule has 0 radical (unpaired) electrons. The highest BCUT2D eigenvalue weighted by molar-refractivity contribution is 9.10. The van der Waals surface area contributed by atoms with Crippen LogP contribution in [-0.2, 0) is 6.54 Å². The molecule has 0 saturated heterocycles. The second kappa shape index (κ2) is 6.07. The van der Waals surface area contributed by atoms with E-state index in [1.807, 2.05) is 19.1 Å². The molecule has 19 heavy (non-hydrogen) atoms. The molecule has 1 aromatic carbocycles. The van der Waals surface area contributed by atoms with E-state index < -0.39 is 0 Å². The summed E-state index contributed by atoms with van der Waals surface area (Å²) in [6.07, 6.45) is 0. The second-order valence-corrected chi connectivity index (χ2v) is 6.05. The number of aromatic amines is 1. The molecule has 0 saturated carbocycles. The molecule has 0 spiro atoms. The fourth-order valence-corrected chi connectivity index (χ4v) is 2.59. The van der Waals surface area contributed by atoms with E-state index >= 15 is 0 Å². The molecular formula is C12H10Br2ClN3O. The molecule has 2 aromatic rings. The summed E-state index contributed by atoms with van der Waals surface area (Å²) in [5, 5.41) is 10.1. The van der Waals surface area contributed by atoms with Gasteiger partial charge in [-0.1, -0.05) is 33.6 Å². The number of rotatable bonds is 3. The molecule has 0 aliphatic carbocycles. The number of aryl methyl sites for hydroxylation is 1. The second-order valence-electron chi connectivity index (χ2n) is 3.93. The fourth-order valence-electron chi connectivity index (χ4n) is 1.49. The van der Waals surface area contributed by atoms with Gasteiger partial charge in [-0.15, -0.1) is 0 Å². The van der Waals surface area contributed by atoms with Gasteiger partial charge in [0.15, 0.2) is 5.69 Å². The van der Waals surface area contributed by atoms with Gasteiger partial charge in [-0.3, -0.25) is 9.89 Å². The van der Waals surface area contributed by atoms with Crippen molar-refractivity contribution in [3.8, 4) is 0 Å². The number of nitrogens with zero attached hydrogens (tertiary/aromatic N) is 1. The van der Waals surface area contributed by atoms with E-state index in [9.17, 15) is 4.79 Å². The highest BCUT2D eigenvalue weighted by Gasteiger charge is 2.15. The van der Waals surface area contributed by atoms with Crippen molar-refractivity contribution in [2.24, 2.45) is 0 Å². The van der Waals surface area contributed by atoms with E-state index in [0.29, 0.717) is 21.7 Å². The quantitative estimate of drug-likeness (QED) is 0.813. The number of amides is 1. The average Bonchev–Trinajstić information content (AvgIpc) is 2.69. The van der Waals surface area contributed by atoms with Gasteiger partial charge in [0, 0.05) is 21.7 Å². The topological polar surface area (TPSA) is 57.8 Å². The highest BCUT2D eigenvalue weighted by atomic mass is 79.9. The first-order valence-electron chi connectivity index (χ1n) is 5.41. The van der Waals surface area contributed by atoms with Crippen molar-refractivity contribution in [1.82, 2.24) is 15.5 Å². The zero-order valence-corrected chi connectivity index (χ0v) is 13.9. The Labute approximate surface area is 132 Å². The van der Waals surface area contributed by atoms with Crippen LogP contribution in [0.1, 0.15) is 21.7 Å². The van der Waals surface area contributed by atoms with Crippen molar-refractivity contribution in [3.05, 3.63) is 49.1 Å². The van der Waals surface area contributed by atoms with Gasteiger partial charge in [0.2, 0.25) is 0 Å². The lowest BCUT2D eigenvalue weighted by molar-refractivity contribution is 0.0945. The summed E-state index contributed by atoms with van der Waals surface area (Å²) in [5.41, 5.74) is 2.00. The van der Waals surface area contributed by atoms with Crippen LogP contribution >= 0.6 is 43.5 Å². The minimum atomic E-state index is -0.254. The van der Waals surface area contributed by atoms with Gasteiger partial charge in [0.05, 0.1) is 4.47 Å². The lowest BCUT2D eigenvalue weighted by Crippen LogP contribution is -2.23. The van der Waals surface area contributed by atoms with Crippen LogP contribution in [0.25, 0.3) is 0 Å². The molecule has 0 aliphatic rings. The van der Waals surface area contributed by atoms with E-state index in [0.717, 1.165) is 15.7 Å². The molecule has 0 bridgehead atoms. The molecule has 0 atom stereocenters. The van der Waals surface area contributed by atoms with Crippen molar-refractivity contribution >= 4 is 49.4 Å². The van der Waals surface area contributed by atoms with Gasteiger partial charge >= 0.3 is 0 Å². The molecule has 7 heteroatoms. The monoisotopic (exact) mass is 405 g/mol. The summed E-state index contributed by atoms with van der Waals surface area (Å²) in [6, 6.07) is 5.52. The third-order valence-corrected chi connectivity index (χ3v) is 4.36. The van der Waals surface area contributed by atoms with E-state index in [-0.39, 0.29) is 5.91 Å². The maximum Gasteiger partial charge on any atom is 0.273 e. The fraction of sp³-hybridized carbons (Fsp3) is 0.167. The number of aromatic nitrogens is 2. The third-order valence-electron chi connectivity index (χ3n) is 2.54. The van der Waals surface area contributed by atoms with E-state index in [1.54, 1.807) is 6.07 Å². The molecule has 4 nitrogen and oxygen atoms in total. The van der Waals surface area contributed by atoms with Gasteiger partial charge in [-0.05, 0) is 40.5 Å². The predicted octanol–water partition coefficient (Wildman–Crippen LogP) is 3.83. The number of nitrogens with one attached hydrogen (secondary N) is 2. The molecule has 1 amide bonds. The number of hydrogen-bond acceptors (Lipinski definition) is 2. The van der Waals surface area contributed by atoms with E-state index in [4.69, 9.17) is 11.6 Å². The first kappa shape index (κ1) is 14.6. The number of carbonyl (C=O) groups excluding carboxylic acids is 1. The number of carbonyl (C=O) groups is 1. The number of benzene rings is 1. The Morgan fingerprint density at radius 2 is 2.21 bits per heavy atom. The highest BCUT2D eigenvalue weighted by Crippen LogP contribution is 2.22. The van der Waals surface area contributed by atoms with Gasteiger partial charge in [0.25, 0.3) is 5.91 Å². The van der Waals surface area contributed by atoms with Gasteiger partial charge < -0.3 is 5.32 Å². The lowest BCUT2D eigenvalue weighted by atomic mass is 10.2. The Morgan fingerprint density at radius 1 is 1.47 bits per heavy atom. The van der Waals surface area contributed by atoms with E-state index in [1.165, 1.54) is 0 Å². The summed E-state index contributed by atoms with van der Waals surface area (Å²) in [7, 11) is 0. The molecule has 0 unspecified atom stereocenters. The maximum absolute atomic E-state index is 12.0. The lowest BCUT2D eigenvalue weighted by Gasteiger charge is -2.06. The Hall–Kier alpha value is -0.850. The van der Waals surface area contributed by atoms with Crippen molar-refractivity contribution < 1.29 is 4.79 Å². The van der Waals surface area contributed by atoms with Crippen molar-refractivity contribution in [1.29, 1.82) is 0 Å². The number of hydrogen-bond donors (Lipinski definition) is 2. The van der Waals surface area contributed by atoms with Crippen LogP contribution in [0.3, 0.4) is 0 Å². The van der Waals surface area contributed by atoms with Gasteiger partial charge in [-0.2, -0.15) is 5.10 Å². The Bertz CT molecular complexity index is 627. The van der Waals surface area contributed by atoms with Gasteiger partial charge in [0.1, 0.15) is 0 Å². The first-order valence-corrected chi connectivity index (χ1v) is 7.38. The molecule has 0 aliphatic heterocycles. The minimum Gasteiger partial charge on any atom is -0.346 e. The number of halogens is 3. The average molecular weight is 407 g/mol. The summed E-state index contributed by atoms with van der Waals surface area (Å²) in [4.78, 5) is 12.0. The van der Waals surface area contributed by atoms with Crippen molar-refractivity contribution in [2.45, 2.75) is 13.5 Å². The molecular weight excluding hydrogens is 397 g/mol. The Morgan fingerprint density at radius 3 is 2.79 bits per heavy atom. The Kier molecular flexibility index (Phi) is 4.65. The molecule has 0 fully saturated rings. The molecule has 100 valence electrons. The van der Waals surface area contributed by atoms with Crippen LogP contribution in [0.2, 0.25) is 5.02 Å². The largest absolute Gasteiger partial charge is 0.346 e. The predicted molar refractivity (Wildman–Crippen MR) is 81.3 cm³/mol. The third kappa shape index (κ3) is 3.38. The standard InChI is InChI=1S/C12H10Br2ClN3O/c1-6-10(14)11(18-17-6)12(19)16-5-7-2-3-8(13)4-9(7)15/h2-4H,5H2,1H3,(H,16,19)(H,17,18). The van der Waals surface area contributed by atoms with Crippen LogP contribution in [0.5, 0.6) is 0 Å². The molecule has 1 heterocycles.